The molecule has 130 valence electrons. The molecule has 0 unspecified atom stereocenters. The maximum Gasteiger partial charge on any atom is 0.263 e. The fourth-order valence-corrected chi connectivity index (χ4v) is 3.90. The predicted octanol–water partition coefficient (Wildman–Crippen LogP) is 3.66. The Kier molecular flexibility index (Phi) is 4.63. The van der Waals surface area contributed by atoms with Crippen molar-refractivity contribution in [2.75, 3.05) is 4.72 Å². The molecule has 1 N–H and O–H groups in total. The second kappa shape index (κ2) is 6.72. The second-order valence-corrected chi connectivity index (χ2v) is 7.91. The van der Waals surface area contributed by atoms with Gasteiger partial charge in [0.1, 0.15) is 0 Å². The third-order valence-corrected chi connectivity index (χ3v) is 5.47. The fourth-order valence-electron chi connectivity index (χ4n) is 2.57. The Morgan fingerprint density at radius 1 is 0.960 bits per heavy atom. The highest BCUT2D eigenvalue weighted by molar-refractivity contribution is 7.92. The zero-order chi connectivity index (χ0) is 18.0. The van der Waals surface area contributed by atoms with Gasteiger partial charge in [-0.15, -0.1) is 0 Å². The highest BCUT2D eigenvalue weighted by atomic mass is 32.2. The summed E-state index contributed by atoms with van der Waals surface area (Å²) in [6, 6.07) is 15.2. The average Bonchev–Trinajstić information content (AvgIpc) is 2.98. The Morgan fingerprint density at radius 3 is 2.36 bits per heavy atom. The van der Waals surface area contributed by atoms with E-state index in [-0.39, 0.29) is 4.90 Å². The second-order valence-electron chi connectivity index (χ2n) is 6.26. The Morgan fingerprint density at radius 2 is 1.64 bits per heavy atom. The first-order valence-electron chi connectivity index (χ1n) is 8.02. The van der Waals surface area contributed by atoms with Gasteiger partial charge in [0.15, 0.2) is 5.82 Å². The van der Waals surface area contributed by atoms with Crippen molar-refractivity contribution in [3.63, 3.8) is 0 Å². The van der Waals surface area contributed by atoms with Gasteiger partial charge in [-0.25, -0.2) is 8.42 Å². The lowest BCUT2D eigenvalue weighted by Crippen LogP contribution is -2.15. The van der Waals surface area contributed by atoms with Crippen LogP contribution in [0, 0.1) is 20.8 Å². The van der Waals surface area contributed by atoms with Crippen LogP contribution < -0.4 is 4.72 Å². The topological polar surface area (TPSA) is 64.0 Å². The van der Waals surface area contributed by atoms with Crippen LogP contribution in [0.2, 0.25) is 0 Å². The highest BCUT2D eigenvalue weighted by Gasteiger charge is 2.18. The van der Waals surface area contributed by atoms with Crippen LogP contribution in [0.3, 0.4) is 0 Å². The minimum absolute atomic E-state index is 0.278. The maximum absolute atomic E-state index is 12.6. The molecule has 3 rings (SSSR count). The third kappa shape index (κ3) is 4.09. The summed E-state index contributed by atoms with van der Waals surface area (Å²) in [5, 5.41) is 4.32. The average molecular weight is 355 g/mol. The van der Waals surface area contributed by atoms with Crippen molar-refractivity contribution in [2.45, 2.75) is 32.2 Å². The Balaban J connectivity index is 1.78. The van der Waals surface area contributed by atoms with Crippen LogP contribution in [0.4, 0.5) is 5.82 Å². The Bertz CT molecular complexity index is 990. The molecule has 0 aliphatic rings. The molecule has 0 bridgehead atoms. The lowest BCUT2D eigenvalue weighted by Gasteiger charge is -2.09. The summed E-state index contributed by atoms with van der Waals surface area (Å²) in [4.78, 5) is 0.278. The van der Waals surface area contributed by atoms with Gasteiger partial charge in [0.25, 0.3) is 10.0 Å². The van der Waals surface area contributed by atoms with E-state index in [0.29, 0.717) is 17.9 Å². The number of hydrogen-bond donors (Lipinski definition) is 1. The molecule has 6 heteroatoms. The van der Waals surface area contributed by atoms with Crippen molar-refractivity contribution in [3.05, 3.63) is 77.0 Å². The maximum atomic E-state index is 12.6. The molecular weight excluding hydrogens is 334 g/mol. The minimum atomic E-state index is -3.66. The molecule has 5 nitrogen and oxygen atoms in total. The van der Waals surface area contributed by atoms with Crippen molar-refractivity contribution < 1.29 is 8.42 Å². The third-order valence-electron chi connectivity index (χ3n) is 3.98. The van der Waals surface area contributed by atoms with Crippen LogP contribution in [0.5, 0.6) is 0 Å². The van der Waals surface area contributed by atoms with Crippen LogP contribution >= 0.6 is 0 Å². The first kappa shape index (κ1) is 17.2. The molecule has 0 aliphatic heterocycles. The van der Waals surface area contributed by atoms with Crippen molar-refractivity contribution >= 4 is 15.8 Å². The van der Waals surface area contributed by atoms with Gasteiger partial charge in [0, 0.05) is 12.3 Å². The quantitative estimate of drug-likeness (QED) is 0.760. The molecule has 25 heavy (non-hydrogen) atoms. The lowest BCUT2D eigenvalue weighted by atomic mass is 10.1. The van der Waals surface area contributed by atoms with E-state index in [9.17, 15) is 8.42 Å². The van der Waals surface area contributed by atoms with Crippen LogP contribution in [-0.2, 0) is 16.6 Å². The number of aromatic nitrogens is 2. The van der Waals surface area contributed by atoms with Gasteiger partial charge in [-0.3, -0.25) is 9.40 Å². The lowest BCUT2D eigenvalue weighted by molar-refractivity contribution is 0.600. The summed E-state index contributed by atoms with van der Waals surface area (Å²) in [5.41, 5.74) is 3.91. The molecule has 0 atom stereocenters. The summed E-state index contributed by atoms with van der Waals surface area (Å²) in [7, 11) is -3.66. The number of sulfonamides is 1. The van der Waals surface area contributed by atoms with Gasteiger partial charge in [-0.2, -0.15) is 5.10 Å². The molecule has 0 saturated heterocycles. The zero-order valence-electron chi connectivity index (χ0n) is 14.5. The van der Waals surface area contributed by atoms with Gasteiger partial charge < -0.3 is 0 Å². The van der Waals surface area contributed by atoms with Crippen molar-refractivity contribution in [3.8, 4) is 0 Å². The summed E-state index contributed by atoms with van der Waals surface area (Å²) in [6.07, 6.45) is 1.76. The van der Waals surface area contributed by atoms with Crippen molar-refractivity contribution in [1.29, 1.82) is 0 Å². The predicted molar refractivity (Wildman–Crippen MR) is 99.2 cm³/mol. The molecule has 0 spiro atoms. The Labute approximate surface area is 148 Å². The molecule has 0 amide bonds. The molecular formula is C19H21N3O2S. The van der Waals surface area contributed by atoms with Crippen LogP contribution in [0.25, 0.3) is 0 Å². The van der Waals surface area contributed by atoms with E-state index >= 15 is 0 Å². The summed E-state index contributed by atoms with van der Waals surface area (Å²) in [5.74, 6) is 0.313. The van der Waals surface area contributed by atoms with Crippen LogP contribution in [0.1, 0.15) is 22.3 Å². The molecule has 0 aliphatic carbocycles. The van der Waals surface area contributed by atoms with E-state index in [1.54, 1.807) is 36.0 Å². The molecule has 0 radical (unpaired) electrons. The molecule has 1 heterocycles. The van der Waals surface area contributed by atoms with Crippen molar-refractivity contribution in [1.82, 2.24) is 9.78 Å². The number of anilines is 1. The first-order valence-corrected chi connectivity index (χ1v) is 9.51. The normalized spacial score (nSPS) is 11.5. The molecule has 0 saturated carbocycles. The highest BCUT2D eigenvalue weighted by Crippen LogP contribution is 2.20. The summed E-state index contributed by atoms with van der Waals surface area (Å²) >= 11 is 0. The van der Waals surface area contributed by atoms with Gasteiger partial charge in [0.05, 0.1) is 11.4 Å². The van der Waals surface area contributed by atoms with Crippen LogP contribution in [-0.4, -0.2) is 18.2 Å². The van der Waals surface area contributed by atoms with E-state index in [2.05, 4.69) is 9.82 Å². The van der Waals surface area contributed by atoms with E-state index in [1.165, 1.54) is 5.56 Å². The molecule has 2 aromatic carbocycles. The monoisotopic (exact) mass is 355 g/mol. The molecule has 0 fully saturated rings. The minimum Gasteiger partial charge on any atom is -0.266 e. The van der Waals surface area contributed by atoms with Gasteiger partial charge in [-0.1, -0.05) is 42.0 Å². The fraction of sp³-hybridized carbons (Fsp3) is 0.211. The number of aryl methyl sites for hydroxylation is 3. The number of nitrogens with one attached hydrogen (secondary N) is 1. The summed E-state index contributed by atoms with van der Waals surface area (Å²) < 4.78 is 29.5. The number of nitrogens with zero attached hydrogens (tertiary/aromatic N) is 2. The summed E-state index contributed by atoms with van der Waals surface area (Å²) in [6.45, 7) is 6.28. The molecule has 3 aromatic rings. The SMILES string of the molecule is Cc1ccc(Cn2ccc(NS(=O)(=O)c3cc(C)ccc3C)n2)cc1. The largest absolute Gasteiger partial charge is 0.266 e. The van der Waals surface area contributed by atoms with Gasteiger partial charge in [0.2, 0.25) is 0 Å². The standard InChI is InChI=1S/C19H21N3O2S/c1-14-5-8-17(9-6-14)13-22-11-10-19(20-22)21-25(23,24)18-12-15(2)4-7-16(18)3/h4-12H,13H2,1-3H3,(H,20,21). The zero-order valence-corrected chi connectivity index (χ0v) is 15.3. The van der Waals surface area contributed by atoms with E-state index < -0.39 is 10.0 Å². The van der Waals surface area contributed by atoms with E-state index in [4.69, 9.17) is 0 Å². The van der Waals surface area contributed by atoms with Gasteiger partial charge in [-0.05, 0) is 43.5 Å². The van der Waals surface area contributed by atoms with E-state index in [1.807, 2.05) is 44.2 Å². The first-order chi connectivity index (χ1) is 11.8. The van der Waals surface area contributed by atoms with Crippen molar-refractivity contribution in [2.24, 2.45) is 0 Å². The number of rotatable bonds is 5. The van der Waals surface area contributed by atoms with Gasteiger partial charge >= 0.3 is 0 Å². The van der Waals surface area contributed by atoms with Crippen LogP contribution in [0.15, 0.2) is 59.6 Å². The smallest absolute Gasteiger partial charge is 0.263 e. The number of hydrogen-bond acceptors (Lipinski definition) is 3. The molecule has 1 aromatic heterocycles. The number of benzene rings is 2. The van der Waals surface area contributed by atoms with E-state index in [0.717, 1.165) is 11.1 Å². The Hall–Kier alpha value is -2.60.